The number of aromatic nitrogens is 2. The maximum atomic E-state index is 12.8. The van der Waals surface area contributed by atoms with E-state index in [4.69, 9.17) is 4.74 Å². The minimum Gasteiger partial charge on any atom is -0.494 e. The fourth-order valence-electron chi connectivity index (χ4n) is 4.14. The van der Waals surface area contributed by atoms with Crippen LogP contribution in [-0.4, -0.2) is 60.3 Å². The number of hydrogen-bond acceptors (Lipinski definition) is 6. The average molecular weight is 412 g/mol. The van der Waals surface area contributed by atoms with E-state index in [9.17, 15) is 4.79 Å². The monoisotopic (exact) mass is 411 g/mol. The van der Waals surface area contributed by atoms with Crippen LogP contribution < -0.4 is 15.0 Å². The Labute approximate surface area is 179 Å². The summed E-state index contributed by atoms with van der Waals surface area (Å²) in [6.07, 6.45) is 4.73. The van der Waals surface area contributed by atoms with E-state index in [0.29, 0.717) is 19.2 Å². The first-order valence-electron chi connectivity index (χ1n) is 10.9. The van der Waals surface area contributed by atoms with Gasteiger partial charge in [-0.3, -0.25) is 9.69 Å². The minimum atomic E-state index is -0.0591. The lowest BCUT2D eigenvalue weighted by Crippen LogP contribution is -2.43. The predicted molar refractivity (Wildman–Crippen MR) is 119 cm³/mol. The molecular formula is C23H33N5O2. The number of likely N-dealkylation sites (N-methyl/N-ethyl adjacent to an activating group) is 1. The number of rotatable bonds is 10. The second-order valence-corrected chi connectivity index (χ2v) is 7.77. The molecule has 3 rings (SSSR count). The maximum absolute atomic E-state index is 12.8. The van der Waals surface area contributed by atoms with Crippen LogP contribution in [0.15, 0.2) is 42.6 Å². The SMILES string of the molecule is CCOc1ccccc1C(CC)NC(=O)CN(C)CC1CCCN1c1cccnn1. The van der Waals surface area contributed by atoms with E-state index in [1.807, 2.05) is 50.4 Å². The highest BCUT2D eigenvalue weighted by Gasteiger charge is 2.27. The van der Waals surface area contributed by atoms with E-state index < -0.39 is 0 Å². The van der Waals surface area contributed by atoms with Crippen molar-refractivity contribution in [3.8, 4) is 5.75 Å². The molecule has 162 valence electrons. The molecule has 1 aromatic carbocycles. The molecule has 0 saturated carbocycles. The smallest absolute Gasteiger partial charge is 0.234 e. The van der Waals surface area contributed by atoms with Crippen molar-refractivity contribution in [2.75, 3.05) is 38.2 Å². The Morgan fingerprint density at radius 1 is 1.30 bits per heavy atom. The highest BCUT2D eigenvalue weighted by Crippen LogP contribution is 2.27. The molecule has 7 nitrogen and oxygen atoms in total. The lowest BCUT2D eigenvalue weighted by Gasteiger charge is -2.29. The fraction of sp³-hybridized carbons (Fsp3) is 0.522. The third kappa shape index (κ3) is 5.69. The van der Waals surface area contributed by atoms with Gasteiger partial charge in [0.1, 0.15) is 5.75 Å². The van der Waals surface area contributed by atoms with Gasteiger partial charge >= 0.3 is 0 Å². The summed E-state index contributed by atoms with van der Waals surface area (Å²) in [5.41, 5.74) is 1.03. The van der Waals surface area contributed by atoms with Crippen LogP contribution in [0, 0.1) is 0 Å². The van der Waals surface area contributed by atoms with Crippen molar-refractivity contribution in [1.82, 2.24) is 20.4 Å². The molecule has 1 amide bonds. The van der Waals surface area contributed by atoms with Crippen molar-refractivity contribution in [3.05, 3.63) is 48.2 Å². The fourth-order valence-corrected chi connectivity index (χ4v) is 4.14. The van der Waals surface area contributed by atoms with Crippen molar-refractivity contribution in [2.24, 2.45) is 0 Å². The van der Waals surface area contributed by atoms with E-state index in [2.05, 4.69) is 32.2 Å². The number of nitrogens with one attached hydrogen (secondary N) is 1. The van der Waals surface area contributed by atoms with Crippen molar-refractivity contribution in [1.29, 1.82) is 0 Å². The second kappa shape index (κ2) is 10.9. The number of carbonyl (C=O) groups excluding carboxylic acids is 1. The Bertz CT molecular complexity index is 801. The van der Waals surface area contributed by atoms with Crippen LogP contribution in [0.5, 0.6) is 5.75 Å². The minimum absolute atomic E-state index is 0.0275. The van der Waals surface area contributed by atoms with Gasteiger partial charge in [-0.25, -0.2) is 0 Å². The number of carbonyl (C=O) groups is 1. The lowest BCUT2D eigenvalue weighted by atomic mass is 10.0. The van der Waals surface area contributed by atoms with Gasteiger partial charge in [0.15, 0.2) is 5.82 Å². The van der Waals surface area contributed by atoms with Gasteiger partial charge in [0, 0.05) is 30.9 Å². The topological polar surface area (TPSA) is 70.6 Å². The first-order valence-corrected chi connectivity index (χ1v) is 10.9. The third-order valence-corrected chi connectivity index (χ3v) is 5.50. The predicted octanol–water partition coefficient (Wildman–Crippen LogP) is 3.04. The number of ether oxygens (including phenoxy) is 1. The van der Waals surface area contributed by atoms with Crippen molar-refractivity contribution < 1.29 is 9.53 Å². The summed E-state index contributed by atoms with van der Waals surface area (Å²) in [6.45, 7) is 6.81. The number of para-hydroxylation sites is 1. The van der Waals surface area contributed by atoms with Crippen molar-refractivity contribution >= 4 is 11.7 Å². The zero-order valence-electron chi connectivity index (χ0n) is 18.3. The molecule has 2 unspecified atom stereocenters. The Morgan fingerprint density at radius 2 is 2.13 bits per heavy atom. The molecule has 1 saturated heterocycles. The Hall–Kier alpha value is -2.67. The first kappa shape index (κ1) is 22.0. The number of benzene rings is 1. The largest absolute Gasteiger partial charge is 0.494 e. The van der Waals surface area contributed by atoms with E-state index >= 15 is 0 Å². The third-order valence-electron chi connectivity index (χ3n) is 5.50. The quantitative estimate of drug-likeness (QED) is 0.648. The van der Waals surface area contributed by atoms with Crippen molar-refractivity contribution in [2.45, 2.75) is 45.2 Å². The highest BCUT2D eigenvalue weighted by molar-refractivity contribution is 5.78. The zero-order chi connectivity index (χ0) is 21.3. The van der Waals surface area contributed by atoms with Gasteiger partial charge in [-0.15, -0.1) is 5.10 Å². The van der Waals surface area contributed by atoms with E-state index in [0.717, 1.165) is 49.5 Å². The number of amides is 1. The van der Waals surface area contributed by atoms with E-state index in [-0.39, 0.29) is 11.9 Å². The molecule has 2 heterocycles. The summed E-state index contributed by atoms with van der Waals surface area (Å²) < 4.78 is 5.75. The second-order valence-electron chi connectivity index (χ2n) is 7.77. The first-order chi connectivity index (χ1) is 14.6. The highest BCUT2D eigenvalue weighted by atomic mass is 16.5. The Balaban J connectivity index is 1.56. The van der Waals surface area contributed by atoms with Gasteiger partial charge in [0.05, 0.1) is 19.2 Å². The maximum Gasteiger partial charge on any atom is 0.234 e. The molecule has 0 bridgehead atoms. The van der Waals surface area contributed by atoms with Crippen LogP contribution in [0.2, 0.25) is 0 Å². The summed E-state index contributed by atoms with van der Waals surface area (Å²) in [6, 6.07) is 12.1. The van der Waals surface area contributed by atoms with Crippen LogP contribution in [0.1, 0.15) is 44.7 Å². The van der Waals surface area contributed by atoms with Crippen LogP contribution in [0.4, 0.5) is 5.82 Å². The molecule has 1 aliphatic heterocycles. The molecule has 2 atom stereocenters. The van der Waals surface area contributed by atoms with Gasteiger partial charge < -0.3 is 15.0 Å². The zero-order valence-corrected chi connectivity index (χ0v) is 18.3. The number of anilines is 1. The molecule has 1 N–H and O–H groups in total. The van der Waals surface area contributed by atoms with Crippen molar-refractivity contribution in [3.63, 3.8) is 0 Å². The van der Waals surface area contributed by atoms with E-state index in [1.165, 1.54) is 0 Å². The van der Waals surface area contributed by atoms with Crippen LogP contribution >= 0.6 is 0 Å². The molecule has 0 spiro atoms. The lowest BCUT2D eigenvalue weighted by molar-refractivity contribution is -0.122. The van der Waals surface area contributed by atoms with Gasteiger partial charge in [-0.1, -0.05) is 25.1 Å². The van der Waals surface area contributed by atoms with Crippen LogP contribution in [0.3, 0.4) is 0 Å². The summed E-state index contributed by atoms with van der Waals surface area (Å²) in [7, 11) is 2.00. The van der Waals surface area contributed by atoms with Crippen LogP contribution in [-0.2, 0) is 4.79 Å². The summed E-state index contributed by atoms with van der Waals surface area (Å²) in [5, 5.41) is 11.4. The molecule has 2 aromatic rings. The van der Waals surface area contributed by atoms with Gasteiger partial charge in [-0.2, -0.15) is 5.10 Å². The standard InChI is InChI=1S/C23H33N5O2/c1-4-20(19-11-6-7-12-21(19)30-5-2)25-23(29)17-27(3)16-18-10-9-15-28(18)22-13-8-14-24-26-22/h6-8,11-14,18,20H,4-5,9-10,15-17H2,1-3H3,(H,25,29). The molecule has 30 heavy (non-hydrogen) atoms. The molecule has 1 fully saturated rings. The van der Waals surface area contributed by atoms with Crippen LogP contribution in [0.25, 0.3) is 0 Å². The molecular weight excluding hydrogens is 378 g/mol. The van der Waals surface area contributed by atoms with Gasteiger partial charge in [0.25, 0.3) is 0 Å². The molecule has 0 radical (unpaired) electrons. The number of nitrogens with zero attached hydrogens (tertiary/aromatic N) is 4. The molecule has 1 aromatic heterocycles. The summed E-state index contributed by atoms with van der Waals surface area (Å²) in [4.78, 5) is 17.2. The van der Waals surface area contributed by atoms with E-state index in [1.54, 1.807) is 6.20 Å². The Morgan fingerprint density at radius 3 is 2.87 bits per heavy atom. The average Bonchev–Trinajstić information content (AvgIpc) is 3.21. The molecule has 0 aliphatic carbocycles. The van der Waals surface area contributed by atoms with Gasteiger partial charge in [-0.05, 0) is 51.4 Å². The molecule has 1 aliphatic rings. The Kier molecular flexibility index (Phi) is 8.02. The summed E-state index contributed by atoms with van der Waals surface area (Å²) >= 11 is 0. The van der Waals surface area contributed by atoms with Gasteiger partial charge in [0.2, 0.25) is 5.91 Å². The number of hydrogen-bond donors (Lipinski definition) is 1. The summed E-state index contributed by atoms with van der Waals surface area (Å²) in [5.74, 6) is 1.78. The molecule has 7 heteroatoms. The normalized spacial score (nSPS) is 17.2.